The van der Waals surface area contributed by atoms with Crippen LogP contribution in [0.4, 0.5) is 0 Å². The van der Waals surface area contributed by atoms with E-state index in [1.54, 1.807) is 6.07 Å². The zero-order valence-electron chi connectivity index (χ0n) is 15.3. The van der Waals surface area contributed by atoms with Gasteiger partial charge in [0.2, 0.25) is 0 Å². The molecule has 4 aromatic rings. The number of rotatable bonds is 5. The molecule has 0 aliphatic carbocycles. The summed E-state index contributed by atoms with van der Waals surface area (Å²) in [6.07, 6.45) is 0. The Kier molecular flexibility index (Phi) is 4.63. The molecule has 0 amide bonds. The smallest absolute Gasteiger partial charge is 0.258 e. The number of hydrogen-bond acceptors (Lipinski definition) is 4. The molecule has 0 saturated carbocycles. The van der Waals surface area contributed by atoms with E-state index in [1.165, 1.54) is 0 Å². The third-order valence-electron chi connectivity index (χ3n) is 4.88. The maximum absolute atomic E-state index is 12.3. The predicted octanol–water partition coefficient (Wildman–Crippen LogP) is 3.43. The lowest BCUT2D eigenvalue weighted by molar-refractivity contribution is 0.217. The molecule has 6 nitrogen and oxygen atoms in total. The molecule has 0 bridgehead atoms. The van der Waals surface area contributed by atoms with Gasteiger partial charge in [-0.2, -0.15) is 0 Å². The van der Waals surface area contributed by atoms with Crippen molar-refractivity contribution >= 4 is 34.2 Å². The van der Waals surface area contributed by atoms with Crippen LogP contribution in [0.15, 0.2) is 53.3 Å². The molecule has 0 aliphatic rings. The fraction of sp³-hybridized carbons (Fsp3) is 0.250. The van der Waals surface area contributed by atoms with Crippen molar-refractivity contribution in [2.45, 2.75) is 20.1 Å². The van der Waals surface area contributed by atoms with Crippen LogP contribution < -0.4 is 5.56 Å². The van der Waals surface area contributed by atoms with Crippen molar-refractivity contribution in [2.75, 3.05) is 6.54 Å². The van der Waals surface area contributed by atoms with Gasteiger partial charge in [-0.25, -0.2) is 4.98 Å². The number of nitrogens with zero attached hydrogens (tertiary/aromatic N) is 4. The number of aryl methyl sites for hydroxylation is 1. The molecule has 2 aromatic carbocycles. The van der Waals surface area contributed by atoms with Crippen LogP contribution in [0.25, 0.3) is 21.9 Å². The van der Waals surface area contributed by atoms with Gasteiger partial charge in [0.05, 0.1) is 35.1 Å². The van der Waals surface area contributed by atoms with Gasteiger partial charge in [-0.05, 0) is 43.0 Å². The van der Waals surface area contributed by atoms with E-state index in [1.807, 2.05) is 41.9 Å². The van der Waals surface area contributed by atoms with Gasteiger partial charge >= 0.3 is 0 Å². The Morgan fingerprint density at radius 3 is 2.59 bits per heavy atom. The third-order valence-corrected chi connectivity index (χ3v) is 5.37. The van der Waals surface area contributed by atoms with Crippen LogP contribution in [0.2, 0.25) is 0 Å². The monoisotopic (exact) mass is 379 g/mol. The standard InChI is InChI=1S/C20H21N5OS/c1-3-24(12-18-21-15-9-5-4-8-14(15)19(26)22-18)13-25-17-11-7-6-10-16(17)23(2)20(25)27/h4-11H,3,12-13H2,1-2H3,(H,21,22,26). The van der Waals surface area contributed by atoms with Crippen LogP contribution >= 0.6 is 12.2 Å². The van der Waals surface area contributed by atoms with E-state index in [-0.39, 0.29) is 5.56 Å². The second kappa shape index (κ2) is 7.09. The molecule has 1 N–H and O–H groups in total. The van der Waals surface area contributed by atoms with Crippen LogP contribution in [0.1, 0.15) is 12.7 Å². The SMILES string of the molecule is CCN(Cc1nc2ccccc2c(=O)[nH]1)Cn1c(=S)n(C)c2ccccc21. The molecule has 2 aromatic heterocycles. The highest BCUT2D eigenvalue weighted by Crippen LogP contribution is 2.17. The van der Waals surface area contributed by atoms with Crippen molar-refractivity contribution in [3.05, 3.63) is 69.5 Å². The molecular weight excluding hydrogens is 358 g/mol. The van der Waals surface area contributed by atoms with Gasteiger partial charge in [0.25, 0.3) is 5.56 Å². The summed E-state index contributed by atoms with van der Waals surface area (Å²) in [4.78, 5) is 22.1. The lowest BCUT2D eigenvalue weighted by Gasteiger charge is -2.21. The van der Waals surface area contributed by atoms with E-state index in [9.17, 15) is 4.79 Å². The van der Waals surface area contributed by atoms with E-state index in [0.29, 0.717) is 29.9 Å². The third kappa shape index (κ3) is 3.20. The van der Waals surface area contributed by atoms with Crippen LogP contribution in [0.5, 0.6) is 0 Å². The summed E-state index contributed by atoms with van der Waals surface area (Å²) in [6, 6.07) is 15.6. The lowest BCUT2D eigenvalue weighted by Crippen LogP contribution is -2.28. The summed E-state index contributed by atoms with van der Waals surface area (Å²) in [6.45, 7) is 4.07. The largest absolute Gasteiger partial charge is 0.320 e. The summed E-state index contributed by atoms with van der Waals surface area (Å²) in [5, 5.41) is 0.612. The van der Waals surface area contributed by atoms with Crippen LogP contribution in [-0.2, 0) is 20.3 Å². The van der Waals surface area contributed by atoms with Crippen molar-refractivity contribution in [3.8, 4) is 0 Å². The number of H-pyrrole nitrogens is 1. The summed E-state index contributed by atoms with van der Waals surface area (Å²) in [7, 11) is 1.99. The first kappa shape index (κ1) is 17.6. The molecule has 0 spiro atoms. The number of fused-ring (bicyclic) bond motifs is 2. The Morgan fingerprint density at radius 1 is 1.11 bits per heavy atom. The van der Waals surface area contributed by atoms with Crippen LogP contribution in [-0.4, -0.2) is 30.5 Å². The maximum atomic E-state index is 12.3. The molecule has 138 valence electrons. The van der Waals surface area contributed by atoms with E-state index in [0.717, 1.165) is 22.3 Å². The van der Waals surface area contributed by atoms with Crippen molar-refractivity contribution in [3.63, 3.8) is 0 Å². The molecular formula is C20H21N5OS. The zero-order valence-corrected chi connectivity index (χ0v) is 16.2. The number of aromatic nitrogens is 4. The molecule has 0 saturated heterocycles. The van der Waals surface area contributed by atoms with E-state index in [4.69, 9.17) is 12.2 Å². The summed E-state index contributed by atoms with van der Waals surface area (Å²) >= 11 is 5.63. The number of benzene rings is 2. The van der Waals surface area contributed by atoms with Crippen molar-refractivity contribution < 1.29 is 0 Å². The molecule has 2 heterocycles. The average Bonchev–Trinajstić information content (AvgIpc) is 2.92. The van der Waals surface area contributed by atoms with Crippen LogP contribution in [0, 0.1) is 4.77 Å². The van der Waals surface area contributed by atoms with Crippen LogP contribution in [0.3, 0.4) is 0 Å². The highest BCUT2D eigenvalue weighted by Gasteiger charge is 2.13. The Hall–Kier alpha value is -2.77. The highest BCUT2D eigenvalue weighted by atomic mass is 32.1. The van der Waals surface area contributed by atoms with Gasteiger partial charge < -0.3 is 14.1 Å². The van der Waals surface area contributed by atoms with Gasteiger partial charge in [0.1, 0.15) is 5.82 Å². The first-order chi connectivity index (χ1) is 13.1. The minimum absolute atomic E-state index is 0.103. The number of imidazole rings is 1. The van der Waals surface area contributed by atoms with Gasteiger partial charge in [-0.1, -0.05) is 31.2 Å². The molecule has 0 unspecified atom stereocenters. The number of para-hydroxylation sites is 3. The Bertz CT molecular complexity index is 1240. The first-order valence-corrected chi connectivity index (χ1v) is 9.34. The number of aromatic amines is 1. The van der Waals surface area contributed by atoms with Gasteiger partial charge in [-0.3, -0.25) is 9.69 Å². The van der Waals surface area contributed by atoms with Crippen molar-refractivity contribution in [1.82, 2.24) is 24.0 Å². The molecule has 27 heavy (non-hydrogen) atoms. The summed E-state index contributed by atoms with van der Waals surface area (Å²) < 4.78 is 4.91. The molecule has 7 heteroatoms. The average molecular weight is 379 g/mol. The first-order valence-electron chi connectivity index (χ1n) is 8.93. The Morgan fingerprint density at radius 2 is 1.81 bits per heavy atom. The van der Waals surface area contributed by atoms with Gasteiger partial charge in [-0.15, -0.1) is 0 Å². The molecule has 0 fully saturated rings. The fourth-order valence-electron chi connectivity index (χ4n) is 3.38. The molecule has 0 radical (unpaired) electrons. The second-order valence-corrected chi connectivity index (χ2v) is 6.94. The summed E-state index contributed by atoms with van der Waals surface area (Å²) in [5.74, 6) is 0.660. The number of nitrogens with one attached hydrogen (secondary N) is 1. The second-order valence-electron chi connectivity index (χ2n) is 6.57. The van der Waals surface area contributed by atoms with Gasteiger partial charge in [0.15, 0.2) is 4.77 Å². The topological polar surface area (TPSA) is 58.9 Å². The Balaban J connectivity index is 1.67. The van der Waals surface area contributed by atoms with E-state index < -0.39 is 0 Å². The van der Waals surface area contributed by atoms with Gasteiger partial charge in [0, 0.05) is 7.05 Å². The lowest BCUT2D eigenvalue weighted by atomic mass is 10.2. The normalized spacial score (nSPS) is 11.7. The summed E-state index contributed by atoms with van der Waals surface area (Å²) in [5.41, 5.74) is 2.82. The maximum Gasteiger partial charge on any atom is 0.258 e. The quantitative estimate of drug-likeness (QED) is 0.540. The molecule has 0 aliphatic heterocycles. The van der Waals surface area contributed by atoms with E-state index in [2.05, 4.69) is 38.5 Å². The minimum atomic E-state index is -0.103. The highest BCUT2D eigenvalue weighted by molar-refractivity contribution is 7.71. The predicted molar refractivity (Wildman–Crippen MR) is 110 cm³/mol. The molecule has 4 rings (SSSR count). The van der Waals surface area contributed by atoms with Crippen molar-refractivity contribution in [2.24, 2.45) is 7.05 Å². The molecule has 0 atom stereocenters. The number of hydrogen-bond donors (Lipinski definition) is 1. The Labute approximate surface area is 161 Å². The van der Waals surface area contributed by atoms with Crippen molar-refractivity contribution in [1.29, 1.82) is 0 Å². The zero-order chi connectivity index (χ0) is 19.0. The minimum Gasteiger partial charge on any atom is -0.320 e. The van der Waals surface area contributed by atoms with E-state index >= 15 is 0 Å². The fourth-order valence-corrected chi connectivity index (χ4v) is 3.64.